The van der Waals surface area contributed by atoms with E-state index in [1.54, 1.807) is 0 Å². The summed E-state index contributed by atoms with van der Waals surface area (Å²) in [6, 6.07) is 48.9. The number of hydrogen-bond acceptors (Lipinski definition) is 2. The molecule has 0 unspecified atom stereocenters. The number of para-hydroxylation sites is 5. The van der Waals surface area contributed by atoms with Gasteiger partial charge < -0.3 is 14.3 Å². The number of nitrogens with zero attached hydrogens (tertiary/aromatic N) is 1. The van der Waals surface area contributed by atoms with Gasteiger partial charge >= 0.3 is 0 Å². The first kappa shape index (κ1) is 21.8. The maximum atomic E-state index is 6.50. The number of furan rings is 1. The summed E-state index contributed by atoms with van der Waals surface area (Å²) >= 11 is 0. The summed E-state index contributed by atoms with van der Waals surface area (Å²) in [5.41, 5.74) is 9.52. The molecule has 3 nitrogen and oxygen atoms in total. The summed E-state index contributed by atoms with van der Waals surface area (Å²) in [6.07, 6.45) is 0. The van der Waals surface area contributed by atoms with E-state index in [4.69, 9.17) is 4.42 Å². The molecule has 3 heteroatoms. The number of hydrogen-bond donors (Lipinski definition) is 1. The van der Waals surface area contributed by atoms with E-state index in [0.29, 0.717) is 0 Å². The highest BCUT2D eigenvalue weighted by molar-refractivity contribution is 6.17. The van der Waals surface area contributed by atoms with Gasteiger partial charge in [0.2, 0.25) is 0 Å². The van der Waals surface area contributed by atoms with Gasteiger partial charge in [-0.1, -0.05) is 91.0 Å². The van der Waals surface area contributed by atoms with Gasteiger partial charge in [0.1, 0.15) is 11.2 Å². The minimum Gasteiger partial charge on any atom is -0.455 e. The Morgan fingerprint density at radius 1 is 0.462 bits per heavy atom. The molecule has 0 spiro atoms. The molecule has 0 bridgehead atoms. The van der Waals surface area contributed by atoms with Crippen molar-refractivity contribution in [3.8, 4) is 11.1 Å². The van der Waals surface area contributed by atoms with E-state index in [1.807, 2.05) is 12.1 Å². The third kappa shape index (κ3) is 3.44. The lowest BCUT2D eigenvalue weighted by Gasteiger charge is -2.26. The number of H-pyrrole nitrogens is 1. The Kier molecular flexibility index (Phi) is 4.82. The lowest BCUT2D eigenvalue weighted by Crippen LogP contribution is -2.09. The molecule has 0 fully saturated rings. The minimum absolute atomic E-state index is 0.902. The van der Waals surface area contributed by atoms with Crippen molar-refractivity contribution >= 4 is 60.8 Å². The molecule has 8 aromatic rings. The van der Waals surface area contributed by atoms with Crippen LogP contribution in [-0.2, 0) is 0 Å². The topological polar surface area (TPSA) is 32.2 Å². The molecule has 0 atom stereocenters. The quantitative estimate of drug-likeness (QED) is 0.261. The average Bonchev–Trinajstić information content (AvgIpc) is 3.57. The standard InChI is InChI=1S/C36H24N2O/c1-3-12-24(13-4-1)38(25-14-5-2-6-15-25)26-22-31-27-16-7-9-20-33(27)37-35(31)32(23-26)30-19-11-18-29-28-17-8-10-21-34(28)39-36(29)30/h1-23,37H. The van der Waals surface area contributed by atoms with Crippen LogP contribution in [0.25, 0.3) is 54.9 Å². The van der Waals surface area contributed by atoms with Crippen molar-refractivity contribution in [2.45, 2.75) is 0 Å². The van der Waals surface area contributed by atoms with E-state index < -0.39 is 0 Å². The van der Waals surface area contributed by atoms with Gasteiger partial charge in [-0.3, -0.25) is 0 Å². The van der Waals surface area contributed by atoms with E-state index in [9.17, 15) is 0 Å². The number of anilines is 3. The molecule has 0 saturated heterocycles. The predicted octanol–water partition coefficient (Wildman–Crippen LogP) is 10.4. The van der Waals surface area contributed by atoms with Crippen LogP contribution in [0.2, 0.25) is 0 Å². The number of rotatable bonds is 4. The largest absolute Gasteiger partial charge is 0.455 e. The molecule has 8 rings (SSSR count). The molecule has 0 amide bonds. The van der Waals surface area contributed by atoms with Crippen molar-refractivity contribution in [1.82, 2.24) is 4.98 Å². The monoisotopic (exact) mass is 500 g/mol. The molecule has 2 aromatic heterocycles. The van der Waals surface area contributed by atoms with Gasteiger partial charge in [0.05, 0.1) is 5.52 Å². The fraction of sp³-hybridized carbons (Fsp3) is 0. The van der Waals surface area contributed by atoms with Crippen molar-refractivity contribution in [1.29, 1.82) is 0 Å². The van der Waals surface area contributed by atoms with Crippen molar-refractivity contribution in [3.63, 3.8) is 0 Å². The maximum absolute atomic E-state index is 6.50. The zero-order valence-electron chi connectivity index (χ0n) is 21.1. The molecule has 0 aliphatic heterocycles. The van der Waals surface area contributed by atoms with Crippen LogP contribution in [0.5, 0.6) is 0 Å². The van der Waals surface area contributed by atoms with Crippen LogP contribution in [0.15, 0.2) is 144 Å². The van der Waals surface area contributed by atoms with Crippen LogP contribution in [0.4, 0.5) is 17.1 Å². The van der Waals surface area contributed by atoms with E-state index in [1.165, 1.54) is 10.8 Å². The Hall–Kier alpha value is -5.28. The van der Waals surface area contributed by atoms with Crippen LogP contribution in [-0.4, -0.2) is 4.98 Å². The molecule has 0 saturated carbocycles. The Morgan fingerprint density at radius 2 is 1.10 bits per heavy atom. The van der Waals surface area contributed by atoms with Gasteiger partial charge in [-0.25, -0.2) is 0 Å². The third-order valence-electron chi connectivity index (χ3n) is 7.58. The van der Waals surface area contributed by atoms with Crippen LogP contribution in [0.1, 0.15) is 0 Å². The molecule has 184 valence electrons. The lowest BCUT2D eigenvalue weighted by atomic mass is 9.98. The van der Waals surface area contributed by atoms with E-state index in [2.05, 4.69) is 137 Å². The van der Waals surface area contributed by atoms with Crippen molar-refractivity contribution < 1.29 is 4.42 Å². The molecule has 0 aliphatic rings. The van der Waals surface area contributed by atoms with Crippen molar-refractivity contribution in [3.05, 3.63) is 140 Å². The van der Waals surface area contributed by atoms with Gasteiger partial charge in [-0.2, -0.15) is 0 Å². The van der Waals surface area contributed by atoms with E-state index in [0.717, 1.165) is 61.2 Å². The first-order valence-electron chi connectivity index (χ1n) is 13.2. The highest BCUT2D eigenvalue weighted by Gasteiger charge is 2.20. The smallest absolute Gasteiger partial charge is 0.143 e. The second-order valence-corrected chi connectivity index (χ2v) is 9.87. The summed E-state index contributed by atoms with van der Waals surface area (Å²) in [4.78, 5) is 6.05. The second-order valence-electron chi connectivity index (χ2n) is 9.87. The summed E-state index contributed by atoms with van der Waals surface area (Å²) in [5, 5.41) is 4.64. The third-order valence-corrected chi connectivity index (χ3v) is 7.58. The number of benzene rings is 6. The molecular weight excluding hydrogens is 476 g/mol. The molecule has 0 radical (unpaired) electrons. The zero-order valence-corrected chi connectivity index (χ0v) is 21.1. The summed E-state index contributed by atoms with van der Waals surface area (Å²) in [7, 11) is 0. The summed E-state index contributed by atoms with van der Waals surface area (Å²) < 4.78 is 6.50. The normalized spacial score (nSPS) is 11.6. The highest BCUT2D eigenvalue weighted by Crippen LogP contribution is 2.44. The fourth-order valence-corrected chi connectivity index (χ4v) is 5.84. The Morgan fingerprint density at radius 3 is 1.87 bits per heavy atom. The van der Waals surface area contributed by atoms with Gasteiger partial charge in [-0.15, -0.1) is 0 Å². The van der Waals surface area contributed by atoms with Gasteiger partial charge in [-0.05, 0) is 48.5 Å². The van der Waals surface area contributed by atoms with E-state index >= 15 is 0 Å². The van der Waals surface area contributed by atoms with Crippen LogP contribution >= 0.6 is 0 Å². The Bertz CT molecular complexity index is 2080. The van der Waals surface area contributed by atoms with Crippen LogP contribution in [0.3, 0.4) is 0 Å². The average molecular weight is 501 g/mol. The van der Waals surface area contributed by atoms with Crippen molar-refractivity contribution in [2.24, 2.45) is 0 Å². The minimum atomic E-state index is 0.902. The number of aromatic amines is 1. The zero-order chi connectivity index (χ0) is 25.8. The van der Waals surface area contributed by atoms with Crippen LogP contribution < -0.4 is 4.90 Å². The second kappa shape index (κ2) is 8.64. The Labute approximate surface area is 225 Å². The van der Waals surface area contributed by atoms with Crippen LogP contribution in [0, 0.1) is 0 Å². The molecule has 0 aliphatic carbocycles. The molecule has 39 heavy (non-hydrogen) atoms. The summed E-state index contributed by atoms with van der Waals surface area (Å²) in [6.45, 7) is 0. The molecule has 2 heterocycles. The first-order chi connectivity index (χ1) is 19.3. The lowest BCUT2D eigenvalue weighted by molar-refractivity contribution is 0.670. The molecule has 6 aromatic carbocycles. The SMILES string of the molecule is c1ccc(N(c2ccccc2)c2cc(-c3cccc4c3oc3ccccc34)c3[nH]c4ccccc4c3c2)cc1. The molecule has 1 N–H and O–H groups in total. The summed E-state index contributed by atoms with van der Waals surface area (Å²) in [5.74, 6) is 0. The number of aromatic nitrogens is 1. The van der Waals surface area contributed by atoms with E-state index in [-0.39, 0.29) is 0 Å². The Balaban J connectivity index is 1.48. The number of nitrogens with one attached hydrogen (secondary N) is 1. The maximum Gasteiger partial charge on any atom is 0.143 e. The molecular formula is C36H24N2O. The number of fused-ring (bicyclic) bond motifs is 6. The predicted molar refractivity (Wildman–Crippen MR) is 163 cm³/mol. The highest BCUT2D eigenvalue weighted by atomic mass is 16.3. The van der Waals surface area contributed by atoms with Gasteiger partial charge in [0, 0.05) is 55.3 Å². The first-order valence-corrected chi connectivity index (χ1v) is 13.2. The van der Waals surface area contributed by atoms with Gasteiger partial charge in [0.15, 0.2) is 0 Å². The fourth-order valence-electron chi connectivity index (χ4n) is 5.84. The van der Waals surface area contributed by atoms with Gasteiger partial charge in [0.25, 0.3) is 0 Å². The van der Waals surface area contributed by atoms with Crippen molar-refractivity contribution in [2.75, 3.05) is 4.90 Å².